The van der Waals surface area contributed by atoms with Crippen molar-refractivity contribution in [3.05, 3.63) is 59.4 Å². The number of nitriles is 1. The lowest BCUT2D eigenvalue weighted by Crippen LogP contribution is -1.85. The van der Waals surface area contributed by atoms with E-state index in [4.69, 9.17) is 5.26 Å². The van der Waals surface area contributed by atoms with Gasteiger partial charge in [-0.3, -0.25) is 0 Å². The maximum Gasteiger partial charge on any atom is 0.138 e. The Morgan fingerprint density at radius 2 is 1.88 bits per heavy atom. The van der Waals surface area contributed by atoms with Gasteiger partial charge < -0.3 is 0 Å². The second-order valence-electron chi connectivity index (χ2n) is 3.62. The summed E-state index contributed by atoms with van der Waals surface area (Å²) in [4.78, 5) is 1.56. The van der Waals surface area contributed by atoms with Crippen molar-refractivity contribution in [3.8, 4) is 6.07 Å². The lowest BCUT2D eigenvalue weighted by molar-refractivity contribution is 0.601. The first kappa shape index (κ1) is 11.7. The highest BCUT2D eigenvalue weighted by atomic mass is 32.2. The van der Waals surface area contributed by atoms with Crippen LogP contribution in [0.5, 0.6) is 0 Å². The molecule has 17 heavy (non-hydrogen) atoms. The van der Waals surface area contributed by atoms with Gasteiger partial charge in [-0.05, 0) is 36.8 Å². The number of halogens is 1. The topological polar surface area (TPSA) is 23.8 Å². The van der Waals surface area contributed by atoms with Gasteiger partial charge in [0.2, 0.25) is 0 Å². The lowest BCUT2D eigenvalue weighted by atomic mass is 10.2. The summed E-state index contributed by atoms with van der Waals surface area (Å²) in [6.45, 7) is 1.99. The van der Waals surface area contributed by atoms with E-state index in [1.54, 1.807) is 12.1 Å². The van der Waals surface area contributed by atoms with Crippen molar-refractivity contribution in [2.45, 2.75) is 16.7 Å². The molecule has 1 nitrogen and oxygen atoms in total. The van der Waals surface area contributed by atoms with Crippen molar-refractivity contribution in [1.82, 2.24) is 0 Å². The minimum Gasteiger partial charge on any atom is -0.206 e. The molecule has 0 N–H and O–H groups in total. The zero-order valence-corrected chi connectivity index (χ0v) is 10.1. The normalized spacial score (nSPS) is 9.94. The van der Waals surface area contributed by atoms with E-state index < -0.39 is 0 Å². The fourth-order valence-electron chi connectivity index (χ4n) is 1.44. The van der Waals surface area contributed by atoms with Crippen molar-refractivity contribution in [2.75, 3.05) is 0 Å². The zero-order chi connectivity index (χ0) is 12.3. The summed E-state index contributed by atoms with van der Waals surface area (Å²) in [6, 6.07) is 14.3. The number of hydrogen-bond donors (Lipinski definition) is 0. The van der Waals surface area contributed by atoms with Gasteiger partial charge >= 0.3 is 0 Å². The summed E-state index contributed by atoms with van der Waals surface area (Å²) >= 11 is 1.38. The van der Waals surface area contributed by atoms with Crippen LogP contribution >= 0.6 is 11.8 Å². The van der Waals surface area contributed by atoms with Gasteiger partial charge in [0.05, 0.1) is 11.6 Å². The molecule has 0 bridgehead atoms. The SMILES string of the molecule is Cc1ccccc1Sc1ccc(C#N)cc1F. The Balaban J connectivity index is 2.32. The van der Waals surface area contributed by atoms with Crippen LogP contribution in [0.15, 0.2) is 52.3 Å². The molecule has 0 fully saturated rings. The fraction of sp³-hybridized carbons (Fsp3) is 0.0714. The van der Waals surface area contributed by atoms with E-state index in [2.05, 4.69) is 0 Å². The molecule has 3 heteroatoms. The highest BCUT2D eigenvalue weighted by Crippen LogP contribution is 2.32. The highest BCUT2D eigenvalue weighted by Gasteiger charge is 2.06. The summed E-state index contributed by atoms with van der Waals surface area (Å²) in [5.41, 5.74) is 1.46. The molecule has 2 aromatic carbocycles. The van der Waals surface area contributed by atoms with Crippen molar-refractivity contribution < 1.29 is 4.39 Å². The predicted molar refractivity (Wildman–Crippen MR) is 66.4 cm³/mol. The lowest BCUT2D eigenvalue weighted by Gasteiger charge is -2.06. The monoisotopic (exact) mass is 243 g/mol. The Morgan fingerprint density at radius 3 is 2.53 bits per heavy atom. The second kappa shape index (κ2) is 5.03. The number of hydrogen-bond acceptors (Lipinski definition) is 2. The van der Waals surface area contributed by atoms with Crippen LogP contribution in [0, 0.1) is 24.1 Å². The van der Waals surface area contributed by atoms with Gasteiger partial charge in [0.1, 0.15) is 5.82 Å². The van der Waals surface area contributed by atoms with Crippen LogP contribution in [0.25, 0.3) is 0 Å². The highest BCUT2D eigenvalue weighted by molar-refractivity contribution is 7.99. The van der Waals surface area contributed by atoms with Gasteiger partial charge in [0.15, 0.2) is 0 Å². The summed E-state index contributed by atoms with van der Waals surface area (Å²) in [6.07, 6.45) is 0. The Labute approximate surface area is 104 Å². The first-order valence-electron chi connectivity index (χ1n) is 5.14. The molecule has 0 radical (unpaired) electrons. The van der Waals surface area contributed by atoms with Gasteiger partial charge in [0.25, 0.3) is 0 Å². The van der Waals surface area contributed by atoms with Crippen molar-refractivity contribution in [3.63, 3.8) is 0 Å². The van der Waals surface area contributed by atoms with E-state index in [0.717, 1.165) is 10.5 Å². The Bertz CT molecular complexity index is 587. The molecule has 0 amide bonds. The van der Waals surface area contributed by atoms with E-state index in [-0.39, 0.29) is 5.82 Å². The molecule has 0 aromatic heterocycles. The fourth-order valence-corrected chi connectivity index (χ4v) is 2.35. The molecule has 0 saturated heterocycles. The molecule has 2 rings (SSSR count). The third kappa shape index (κ3) is 2.66. The van der Waals surface area contributed by atoms with E-state index in [9.17, 15) is 4.39 Å². The number of nitrogens with zero attached hydrogens (tertiary/aromatic N) is 1. The number of aryl methyl sites for hydroxylation is 1. The maximum atomic E-state index is 13.7. The number of benzene rings is 2. The molecule has 0 unspecified atom stereocenters. The molecule has 0 aliphatic rings. The second-order valence-corrected chi connectivity index (χ2v) is 4.71. The Kier molecular flexibility index (Phi) is 3.46. The molecule has 0 saturated carbocycles. The smallest absolute Gasteiger partial charge is 0.138 e. The van der Waals surface area contributed by atoms with Gasteiger partial charge in [-0.25, -0.2) is 4.39 Å². The van der Waals surface area contributed by atoms with E-state index >= 15 is 0 Å². The molecule has 0 atom stereocenters. The van der Waals surface area contributed by atoms with Crippen LogP contribution in [0.3, 0.4) is 0 Å². The van der Waals surface area contributed by atoms with E-state index in [1.165, 1.54) is 17.8 Å². The van der Waals surface area contributed by atoms with Crippen molar-refractivity contribution >= 4 is 11.8 Å². The van der Waals surface area contributed by atoms with Crippen molar-refractivity contribution in [1.29, 1.82) is 5.26 Å². The van der Waals surface area contributed by atoms with Crippen LogP contribution in [-0.2, 0) is 0 Å². The minimum atomic E-state index is -0.350. The van der Waals surface area contributed by atoms with Gasteiger partial charge in [-0.2, -0.15) is 5.26 Å². The van der Waals surface area contributed by atoms with Crippen LogP contribution in [0.2, 0.25) is 0 Å². The summed E-state index contributed by atoms with van der Waals surface area (Å²) < 4.78 is 13.7. The number of rotatable bonds is 2. The largest absolute Gasteiger partial charge is 0.206 e. The zero-order valence-electron chi connectivity index (χ0n) is 9.27. The molecular weight excluding hydrogens is 233 g/mol. The van der Waals surface area contributed by atoms with Crippen LogP contribution < -0.4 is 0 Å². The summed E-state index contributed by atoms with van der Waals surface area (Å²) in [5.74, 6) is -0.350. The predicted octanol–water partition coefficient (Wildman–Crippen LogP) is 4.16. The van der Waals surface area contributed by atoms with E-state index in [0.29, 0.717) is 10.5 Å². The average molecular weight is 243 g/mol. The third-order valence-electron chi connectivity index (χ3n) is 2.37. The first-order chi connectivity index (χ1) is 8.20. The first-order valence-corrected chi connectivity index (χ1v) is 5.95. The quantitative estimate of drug-likeness (QED) is 0.790. The maximum absolute atomic E-state index is 13.7. The van der Waals surface area contributed by atoms with Crippen LogP contribution in [0.1, 0.15) is 11.1 Å². The van der Waals surface area contributed by atoms with Gasteiger partial charge in [-0.1, -0.05) is 30.0 Å². The molecular formula is C14H10FNS. The Morgan fingerprint density at radius 1 is 1.12 bits per heavy atom. The van der Waals surface area contributed by atoms with Gasteiger partial charge in [0, 0.05) is 9.79 Å². The van der Waals surface area contributed by atoms with Crippen LogP contribution in [-0.4, -0.2) is 0 Å². The summed E-state index contributed by atoms with van der Waals surface area (Å²) in [7, 11) is 0. The third-order valence-corrected chi connectivity index (χ3v) is 3.60. The standard InChI is InChI=1S/C14H10FNS/c1-10-4-2-3-5-13(10)17-14-7-6-11(9-16)8-12(14)15/h2-8H,1H3. The molecule has 0 aliphatic heterocycles. The van der Waals surface area contributed by atoms with Crippen LogP contribution in [0.4, 0.5) is 4.39 Å². The average Bonchev–Trinajstić information content (AvgIpc) is 2.34. The van der Waals surface area contributed by atoms with Gasteiger partial charge in [-0.15, -0.1) is 0 Å². The molecule has 0 spiro atoms. The molecule has 2 aromatic rings. The Hall–Kier alpha value is -1.79. The minimum absolute atomic E-state index is 0.344. The van der Waals surface area contributed by atoms with Crippen molar-refractivity contribution in [2.24, 2.45) is 0 Å². The molecule has 0 aliphatic carbocycles. The molecule has 84 valence electrons. The van der Waals surface area contributed by atoms with E-state index in [1.807, 2.05) is 37.3 Å². The molecule has 0 heterocycles. The summed E-state index contributed by atoms with van der Waals surface area (Å²) in [5, 5.41) is 8.66.